The highest BCUT2D eigenvalue weighted by Gasteiger charge is 2.31. The maximum Gasteiger partial charge on any atom is 0.0489 e. The van der Waals surface area contributed by atoms with Crippen LogP contribution in [0.25, 0.3) is 0 Å². The molecule has 1 saturated carbocycles. The summed E-state index contributed by atoms with van der Waals surface area (Å²) in [7, 11) is 0. The van der Waals surface area contributed by atoms with E-state index >= 15 is 0 Å². The monoisotopic (exact) mass is 255 g/mol. The second-order valence-electron chi connectivity index (χ2n) is 7.27. The summed E-state index contributed by atoms with van der Waals surface area (Å²) >= 11 is 0. The Kier molecular flexibility index (Phi) is 6.65. The van der Waals surface area contributed by atoms with Crippen LogP contribution in [0.3, 0.4) is 0 Å². The molecule has 1 fully saturated rings. The number of hydrogen-bond donors (Lipinski definition) is 1. The van der Waals surface area contributed by atoms with Crippen molar-refractivity contribution >= 4 is 0 Å². The Hall–Kier alpha value is -0.0800. The molecule has 0 aromatic carbocycles. The van der Waals surface area contributed by atoms with Gasteiger partial charge in [-0.2, -0.15) is 0 Å². The number of nitrogens with one attached hydrogen (secondary N) is 1. The Morgan fingerprint density at radius 3 is 2.67 bits per heavy atom. The van der Waals surface area contributed by atoms with Crippen molar-refractivity contribution in [1.29, 1.82) is 0 Å². The van der Waals surface area contributed by atoms with Gasteiger partial charge in [0.25, 0.3) is 0 Å². The first-order valence-corrected chi connectivity index (χ1v) is 7.72. The molecule has 0 aromatic heterocycles. The molecule has 1 rings (SSSR count). The van der Waals surface area contributed by atoms with Crippen molar-refractivity contribution < 1.29 is 4.74 Å². The molecular weight excluding hydrogens is 222 g/mol. The normalized spacial score (nSPS) is 27.7. The summed E-state index contributed by atoms with van der Waals surface area (Å²) in [5, 5.41) is 3.72. The van der Waals surface area contributed by atoms with Crippen molar-refractivity contribution in [1.82, 2.24) is 5.32 Å². The van der Waals surface area contributed by atoms with Crippen LogP contribution in [-0.4, -0.2) is 25.8 Å². The lowest BCUT2D eigenvalue weighted by Crippen LogP contribution is -2.42. The lowest BCUT2D eigenvalue weighted by Gasteiger charge is -2.39. The van der Waals surface area contributed by atoms with E-state index in [0.717, 1.165) is 38.1 Å². The first kappa shape index (κ1) is 16.0. The third-order valence-electron chi connectivity index (χ3n) is 4.02. The van der Waals surface area contributed by atoms with E-state index in [9.17, 15) is 0 Å². The van der Waals surface area contributed by atoms with Gasteiger partial charge in [-0.3, -0.25) is 0 Å². The van der Waals surface area contributed by atoms with E-state index < -0.39 is 0 Å². The van der Waals surface area contributed by atoms with Gasteiger partial charge in [-0.1, -0.05) is 34.6 Å². The van der Waals surface area contributed by atoms with Gasteiger partial charge in [-0.25, -0.2) is 0 Å². The number of rotatable bonds is 7. The third-order valence-corrected chi connectivity index (χ3v) is 4.02. The first-order valence-electron chi connectivity index (χ1n) is 7.72. The second-order valence-corrected chi connectivity index (χ2v) is 7.27. The smallest absolute Gasteiger partial charge is 0.0489 e. The van der Waals surface area contributed by atoms with Crippen LogP contribution >= 0.6 is 0 Å². The van der Waals surface area contributed by atoms with E-state index in [1.807, 2.05) is 0 Å². The molecule has 2 heteroatoms. The largest absolute Gasteiger partial charge is 0.381 e. The minimum absolute atomic E-state index is 0.554. The molecule has 1 aliphatic carbocycles. The molecule has 2 unspecified atom stereocenters. The summed E-state index contributed by atoms with van der Waals surface area (Å²) < 4.78 is 5.60. The molecule has 0 bridgehead atoms. The molecule has 0 aromatic rings. The van der Waals surface area contributed by atoms with Gasteiger partial charge in [0, 0.05) is 19.3 Å². The Balaban J connectivity index is 2.06. The zero-order valence-corrected chi connectivity index (χ0v) is 13.1. The van der Waals surface area contributed by atoms with Crippen molar-refractivity contribution in [2.75, 3.05) is 19.8 Å². The molecule has 1 aliphatic rings. The summed E-state index contributed by atoms with van der Waals surface area (Å²) in [6, 6.07) is 0.725. The van der Waals surface area contributed by atoms with Crippen LogP contribution in [0.15, 0.2) is 0 Å². The summed E-state index contributed by atoms with van der Waals surface area (Å²) in [6.07, 6.45) is 5.19. The zero-order valence-electron chi connectivity index (χ0n) is 13.1. The Labute approximate surface area is 114 Å². The molecule has 0 heterocycles. The van der Waals surface area contributed by atoms with Gasteiger partial charge < -0.3 is 10.1 Å². The average Bonchev–Trinajstić information content (AvgIpc) is 2.24. The van der Waals surface area contributed by atoms with E-state index in [0.29, 0.717) is 11.3 Å². The Morgan fingerprint density at radius 2 is 2.06 bits per heavy atom. The fraction of sp³-hybridized carbons (Fsp3) is 1.00. The van der Waals surface area contributed by atoms with Crippen LogP contribution in [0.2, 0.25) is 0 Å². The van der Waals surface area contributed by atoms with Gasteiger partial charge in [0.2, 0.25) is 0 Å². The fourth-order valence-corrected chi connectivity index (χ4v) is 3.03. The number of ether oxygens (including phenoxy) is 1. The van der Waals surface area contributed by atoms with Gasteiger partial charge >= 0.3 is 0 Å². The van der Waals surface area contributed by atoms with E-state index in [1.165, 1.54) is 19.3 Å². The number of hydrogen-bond acceptors (Lipinski definition) is 2. The van der Waals surface area contributed by atoms with Gasteiger partial charge in [-0.05, 0) is 49.5 Å². The van der Waals surface area contributed by atoms with Crippen LogP contribution in [0, 0.1) is 17.3 Å². The fourth-order valence-electron chi connectivity index (χ4n) is 3.03. The average molecular weight is 255 g/mol. The Bertz CT molecular complexity index is 225. The van der Waals surface area contributed by atoms with E-state index in [4.69, 9.17) is 4.74 Å². The maximum absolute atomic E-state index is 5.60. The van der Waals surface area contributed by atoms with Crippen molar-refractivity contribution in [2.24, 2.45) is 17.3 Å². The molecule has 18 heavy (non-hydrogen) atoms. The second kappa shape index (κ2) is 7.49. The molecule has 0 saturated heterocycles. The maximum atomic E-state index is 5.60. The van der Waals surface area contributed by atoms with Crippen molar-refractivity contribution in [3.05, 3.63) is 0 Å². The molecule has 0 amide bonds. The molecule has 2 nitrogen and oxygen atoms in total. The van der Waals surface area contributed by atoms with Crippen LogP contribution in [-0.2, 0) is 4.74 Å². The highest BCUT2D eigenvalue weighted by molar-refractivity contribution is 4.86. The standard InChI is InChI=1S/C16H33NO/c1-13(2)12-18-10-6-9-17-15-7-8-16(4,5)11-14(15)3/h13-15,17H,6-12H2,1-5H3. The molecule has 108 valence electrons. The highest BCUT2D eigenvalue weighted by atomic mass is 16.5. The van der Waals surface area contributed by atoms with Gasteiger partial charge in [0.15, 0.2) is 0 Å². The highest BCUT2D eigenvalue weighted by Crippen LogP contribution is 2.38. The lowest BCUT2D eigenvalue weighted by molar-refractivity contribution is 0.104. The van der Waals surface area contributed by atoms with Crippen molar-refractivity contribution in [3.8, 4) is 0 Å². The molecule has 0 aliphatic heterocycles. The molecule has 2 atom stereocenters. The predicted octanol–water partition coefficient (Wildman–Crippen LogP) is 3.85. The molecule has 0 radical (unpaired) electrons. The summed E-state index contributed by atoms with van der Waals surface area (Å²) in [4.78, 5) is 0. The van der Waals surface area contributed by atoms with Gasteiger partial charge in [0.05, 0.1) is 0 Å². The minimum atomic E-state index is 0.554. The van der Waals surface area contributed by atoms with Crippen LogP contribution in [0.4, 0.5) is 0 Å². The lowest BCUT2D eigenvalue weighted by atomic mass is 9.70. The third kappa shape index (κ3) is 6.19. The topological polar surface area (TPSA) is 21.3 Å². The van der Waals surface area contributed by atoms with Crippen LogP contribution in [0.1, 0.15) is 60.3 Å². The predicted molar refractivity (Wildman–Crippen MR) is 78.9 cm³/mol. The Morgan fingerprint density at radius 1 is 1.33 bits per heavy atom. The molecular formula is C16H33NO. The van der Waals surface area contributed by atoms with E-state index in [1.54, 1.807) is 0 Å². The van der Waals surface area contributed by atoms with Gasteiger partial charge in [0.1, 0.15) is 0 Å². The summed E-state index contributed by atoms with van der Waals surface area (Å²) in [5.74, 6) is 1.46. The van der Waals surface area contributed by atoms with E-state index in [2.05, 4.69) is 39.9 Å². The van der Waals surface area contributed by atoms with Crippen molar-refractivity contribution in [2.45, 2.75) is 66.3 Å². The summed E-state index contributed by atoms with van der Waals surface area (Å²) in [5.41, 5.74) is 0.554. The zero-order chi connectivity index (χ0) is 13.6. The minimum Gasteiger partial charge on any atom is -0.381 e. The molecule has 1 N–H and O–H groups in total. The molecule has 0 spiro atoms. The van der Waals surface area contributed by atoms with Crippen molar-refractivity contribution in [3.63, 3.8) is 0 Å². The van der Waals surface area contributed by atoms with Crippen LogP contribution in [0.5, 0.6) is 0 Å². The SMILES string of the molecule is CC(C)COCCCNC1CCC(C)(C)CC1C. The van der Waals surface area contributed by atoms with Gasteiger partial charge in [-0.15, -0.1) is 0 Å². The summed E-state index contributed by atoms with van der Waals surface area (Å²) in [6.45, 7) is 14.5. The van der Waals surface area contributed by atoms with Crippen LogP contribution < -0.4 is 5.32 Å². The quantitative estimate of drug-likeness (QED) is 0.698. The first-order chi connectivity index (χ1) is 8.41. The van der Waals surface area contributed by atoms with E-state index in [-0.39, 0.29) is 0 Å².